The number of hydrogen-bond donors (Lipinski definition) is 2. The zero-order chi connectivity index (χ0) is 23.4. The molecule has 0 bridgehead atoms. The van der Waals surface area contributed by atoms with Gasteiger partial charge < -0.3 is 15.8 Å². The Hall–Kier alpha value is -4.05. The van der Waals surface area contributed by atoms with Gasteiger partial charge in [-0.1, -0.05) is 24.3 Å². The van der Waals surface area contributed by atoms with Crippen LogP contribution in [-0.4, -0.2) is 33.2 Å². The van der Waals surface area contributed by atoms with E-state index in [1.165, 1.54) is 16.0 Å². The Bertz CT molecular complexity index is 1380. The van der Waals surface area contributed by atoms with E-state index in [9.17, 15) is 14.4 Å². The number of aryl methyl sites for hydroxylation is 1. The third-order valence-corrected chi connectivity index (χ3v) is 5.65. The number of carbonyl (C=O) groups excluding carboxylic acids is 2. The van der Waals surface area contributed by atoms with Gasteiger partial charge in [0.1, 0.15) is 23.6 Å². The molecule has 9 nitrogen and oxygen atoms in total. The molecule has 0 saturated heterocycles. The molecule has 33 heavy (non-hydrogen) atoms. The molecular weight excluding hydrogens is 442 g/mol. The van der Waals surface area contributed by atoms with Crippen LogP contribution >= 0.6 is 11.3 Å². The second-order valence-electron chi connectivity index (χ2n) is 7.12. The van der Waals surface area contributed by atoms with Crippen LogP contribution in [0.5, 0.6) is 0 Å². The lowest BCUT2D eigenvalue weighted by Gasteiger charge is -2.17. The molecule has 0 aliphatic carbocycles. The van der Waals surface area contributed by atoms with Crippen molar-refractivity contribution in [3.05, 3.63) is 69.4 Å². The highest BCUT2D eigenvalue weighted by atomic mass is 32.1. The number of pyridine rings is 1. The van der Waals surface area contributed by atoms with Crippen molar-refractivity contribution in [1.29, 1.82) is 0 Å². The quantitative estimate of drug-likeness (QED) is 0.384. The molecule has 0 saturated carbocycles. The highest BCUT2D eigenvalue weighted by molar-refractivity contribution is 7.08. The standard InChI is InChI=1S/C23H21N5O4S/c1-2-28-22(30)21(26-17-12-25-11-14-5-3-4-6-16(14)17)19(23(31)32-9-7-18(24)29)20(27-28)15-8-10-33-13-15/h3-6,8,10-13,26H,2,7,9H2,1H3,(H2,24,29). The molecule has 0 atom stereocenters. The van der Waals surface area contributed by atoms with Crippen molar-refractivity contribution in [2.24, 2.45) is 5.73 Å². The van der Waals surface area contributed by atoms with Gasteiger partial charge in [0.25, 0.3) is 5.56 Å². The van der Waals surface area contributed by atoms with Crippen molar-refractivity contribution in [3.8, 4) is 11.3 Å². The first-order valence-corrected chi connectivity index (χ1v) is 11.2. The average molecular weight is 464 g/mol. The first-order valence-electron chi connectivity index (χ1n) is 10.2. The Labute approximate surface area is 192 Å². The summed E-state index contributed by atoms with van der Waals surface area (Å²) in [4.78, 5) is 41.8. The van der Waals surface area contributed by atoms with E-state index in [-0.39, 0.29) is 24.3 Å². The fourth-order valence-electron chi connectivity index (χ4n) is 3.37. The van der Waals surface area contributed by atoms with Crippen molar-refractivity contribution >= 4 is 45.4 Å². The monoisotopic (exact) mass is 463 g/mol. The van der Waals surface area contributed by atoms with Crippen molar-refractivity contribution in [3.63, 3.8) is 0 Å². The maximum absolute atomic E-state index is 13.3. The number of ether oxygens (including phenoxy) is 1. The molecule has 3 N–H and O–H groups in total. The number of amides is 1. The Balaban J connectivity index is 1.90. The lowest BCUT2D eigenvalue weighted by Crippen LogP contribution is -2.29. The maximum Gasteiger partial charge on any atom is 0.342 e. The van der Waals surface area contributed by atoms with Gasteiger partial charge >= 0.3 is 5.97 Å². The number of esters is 1. The number of nitrogens with zero attached hydrogens (tertiary/aromatic N) is 3. The van der Waals surface area contributed by atoms with Gasteiger partial charge in [-0.2, -0.15) is 16.4 Å². The molecule has 0 unspecified atom stereocenters. The smallest absolute Gasteiger partial charge is 0.342 e. The van der Waals surface area contributed by atoms with Crippen LogP contribution in [0.25, 0.3) is 22.0 Å². The summed E-state index contributed by atoms with van der Waals surface area (Å²) in [5, 5.41) is 12.9. The van der Waals surface area contributed by atoms with E-state index in [0.717, 1.165) is 10.8 Å². The average Bonchev–Trinajstić information content (AvgIpc) is 3.35. The van der Waals surface area contributed by atoms with Crippen molar-refractivity contribution in [2.75, 3.05) is 11.9 Å². The summed E-state index contributed by atoms with van der Waals surface area (Å²) in [7, 11) is 0. The van der Waals surface area contributed by atoms with Gasteiger partial charge in [-0.25, -0.2) is 9.48 Å². The van der Waals surface area contributed by atoms with Crippen molar-refractivity contribution in [1.82, 2.24) is 14.8 Å². The fraction of sp³-hybridized carbons (Fsp3) is 0.174. The number of benzene rings is 1. The number of fused-ring (bicyclic) bond motifs is 1. The Morgan fingerprint density at radius 3 is 2.76 bits per heavy atom. The zero-order valence-corrected chi connectivity index (χ0v) is 18.6. The summed E-state index contributed by atoms with van der Waals surface area (Å²) in [5.41, 5.74) is 6.22. The topological polar surface area (TPSA) is 129 Å². The van der Waals surface area contributed by atoms with Crippen molar-refractivity contribution < 1.29 is 14.3 Å². The van der Waals surface area contributed by atoms with Crippen LogP contribution in [0.4, 0.5) is 11.4 Å². The SMILES string of the molecule is CCn1nc(-c2ccsc2)c(C(=O)OCCC(N)=O)c(Nc2cncc3ccccc23)c1=O. The first kappa shape index (κ1) is 22.2. The number of primary amides is 1. The fourth-order valence-corrected chi connectivity index (χ4v) is 4.01. The third-order valence-electron chi connectivity index (χ3n) is 4.96. The Morgan fingerprint density at radius 2 is 2.03 bits per heavy atom. The molecule has 0 aliphatic heterocycles. The summed E-state index contributed by atoms with van der Waals surface area (Å²) < 4.78 is 6.58. The normalized spacial score (nSPS) is 10.8. The number of carbonyl (C=O) groups is 2. The number of rotatable bonds is 8. The lowest BCUT2D eigenvalue weighted by atomic mass is 10.1. The van der Waals surface area contributed by atoms with Gasteiger partial charge in [-0.15, -0.1) is 0 Å². The molecule has 0 spiro atoms. The van der Waals surface area contributed by atoms with Crippen molar-refractivity contribution in [2.45, 2.75) is 19.9 Å². The molecule has 3 aromatic heterocycles. The minimum absolute atomic E-state index is 0.0134. The van der Waals surface area contributed by atoms with E-state index < -0.39 is 17.4 Å². The van der Waals surface area contributed by atoms with Gasteiger partial charge in [-0.05, 0) is 18.4 Å². The van der Waals surface area contributed by atoms with Gasteiger partial charge in [0.2, 0.25) is 5.91 Å². The van der Waals surface area contributed by atoms with Crippen LogP contribution < -0.4 is 16.6 Å². The summed E-state index contributed by atoms with van der Waals surface area (Å²) >= 11 is 1.43. The summed E-state index contributed by atoms with van der Waals surface area (Å²) in [6, 6.07) is 9.37. The number of nitrogens with two attached hydrogens (primary N) is 1. The molecule has 0 fully saturated rings. The van der Waals surface area contributed by atoms with Crippen LogP contribution in [-0.2, 0) is 16.1 Å². The van der Waals surface area contributed by atoms with E-state index >= 15 is 0 Å². The van der Waals surface area contributed by atoms with E-state index in [0.29, 0.717) is 23.5 Å². The minimum Gasteiger partial charge on any atom is -0.461 e. The molecule has 168 valence electrons. The maximum atomic E-state index is 13.3. The van der Waals surface area contributed by atoms with E-state index in [1.54, 1.807) is 25.4 Å². The molecule has 3 heterocycles. The zero-order valence-electron chi connectivity index (χ0n) is 17.8. The van der Waals surface area contributed by atoms with Crippen LogP contribution in [0.2, 0.25) is 0 Å². The van der Waals surface area contributed by atoms with Crippen LogP contribution in [0.3, 0.4) is 0 Å². The van der Waals surface area contributed by atoms with Gasteiger partial charge in [0.05, 0.1) is 18.3 Å². The second kappa shape index (κ2) is 9.61. The molecule has 0 radical (unpaired) electrons. The van der Waals surface area contributed by atoms with E-state index in [1.807, 2.05) is 35.0 Å². The molecule has 4 aromatic rings. The molecule has 4 rings (SSSR count). The van der Waals surface area contributed by atoms with Gasteiger partial charge in [0.15, 0.2) is 0 Å². The number of anilines is 2. The first-order chi connectivity index (χ1) is 16.0. The van der Waals surface area contributed by atoms with Gasteiger partial charge in [0, 0.05) is 34.5 Å². The summed E-state index contributed by atoms with van der Waals surface area (Å²) in [6.45, 7) is 1.89. The number of nitrogens with one attached hydrogen (secondary N) is 1. The Kier molecular flexibility index (Phi) is 6.45. The summed E-state index contributed by atoms with van der Waals surface area (Å²) in [5.74, 6) is -1.37. The molecule has 1 aromatic carbocycles. The van der Waals surface area contributed by atoms with Crippen LogP contribution in [0.1, 0.15) is 23.7 Å². The lowest BCUT2D eigenvalue weighted by molar-refractivity contribution is -0.118. The Morgan fingerprint density at radius 1 is 1.21 bits per heavy atom. The summed E-state index contributed by atoms with van der Waals surface area (Å²) in [6.07, 6.45) is 3.17. The molecule has 10 heteroatoms. The van der Waals surface area contributed by atoms with Crippen LogP contribution in [0, 0.1) is 0 Å². The predicted molar refractivity (Wildman–Crippen MR) is 127 cm³/mol. The third kappa shape index (κ3) is 4.60. The second-order valence-corrected chi connectivity index (χ2v) is 7.90. The highest BCUT2D eigenvalue weighted by Crippen LogP contribution is 2.31. The van der Waals surface area contributed by atoms with Gasteiger partial charge in [-0.3, -0.25) is 14.6 Å². The highest BCUT2D eigenvalue weighted by Gasteiger charge is 2.26. The van der Waals surface area contributed by atoms with E-state index in [2.05, 4.69) is 15.4 Å². The number of hydrogen-bond acceptors (Lipinski definition) is 8. The number of thiophene rings is 1. The van der Waals surface area contributed by atoms with E-state index in [4.69, 9.17) is 10.5 Å². The molecular formula is C23H21N5O4S. The molecule has 1 amide bonds. The van der Waals surface area contributed by atoms with Crippen LogP contribution in [0.15, 0.2) is 58.3 Å². The number of aromatic nitrogens is 3. The molecule has 0 aliphatic rings. The predicted octanol–water partition coefficient (Wildman–Crippen LogP) is 3.32. The largest absolute Gasteiger partial charge is 0.461 e. The minimum atomic E-state index is -0.777.